The molecule has 1 unspecified atom stereocenters. The number of aromatic nitrogens is 2. The summed E-state index contributed by atoms with van der Waals surface area (Å²) in [7, 11) is -3.37. The molecule has 11 nitrogen and oxygen atoms in total. The first kappa shape index (κ1) is 24.3. The van der Waals surface area contributed by atoms with Gasteiger partial charge in [0.05, 0.1) is 18.8 Å². The maximum Gasteiger partial charge on any atom is 0.330 e. The Bertz CT molecular complexity index is 1130. The van der Waals surface area contributed by atoms with E-state index >= 15 is 0 Å². The van der Waals surface area contributed by atoms with Gasteiger partial charge in [-0.1, -0.05) is 35.4 Å². The number of hydrogen-bond donors (Lipinski definition) is 2. The number of H-pyrrole nitrogens is 1. The van der Waals surface area contributed by atoms with Gasteiger partial charge < -0.3 is 9.26 Å². The van der Waals surface area contributed by atoms with Crippen molar-refractivity contribution in [1.29, 1.82) is 0 Å². The minimum absolute atomic E-state index is 0.153. The van der Waals surface area contributed by atoms with E-state index in [1.165, 1.54) is 10.8 Å². The van der Waals surface area contributed by atoms with Crippen molar-refractivity contribution in [2.24, 2.45) is 5.11 Å². The minimum Gasteiger partial charge on any atom is -0.352 e. The molecule has 2 heterocycles. The van der Waals surface area contributed by atoms with Crippen molar-refractivity contribution in [2.45, 2.75) is 38.1 Å². The van der Waals surface area contributed by atoms with Crippen LogP contribution in [-0.2, 0) is 20.2 Å². The van der Waals surface area contributed by atoms with E-state index in [1.54, 1.807) is 6.92 Å². The molecule has 3 rings (SSSR count). The van der Waals surface area contributed by atoms with Crippen LogP contribution < -0.4 is 16.3 Å². The molecule has 0 radical (unpaired) electrons. The van der Waals surface area contributed by atoms with Gasteiger partial charge in [0.1, 0.15) is 11.8 Å². The van der Waals surface area contributed by atoms with Crippen LogP contribution in [0.25, 0.3) is 10.4 Å². The van der Waals surface area contributed by atoms with E-state index in [0.29, 0.717) is 18.5 Å². The molecular weight excluding hydrogens is 459 g/mol. The number of ether oxygens (including phenoxy) is 1. The molecule has 13 heteroatoms. The van der Waals surface area contributed by atoms with Crippen molar-refractivity contribution in [3.05, 3.63) is 78.9 Å². The zero-order valence-corrected chi connectivity index (χ0v) is 19.0. The molecule has 0 amide bonds. The fourth-order valence-corrected chi connectivity index (χ4v) is 4.90. The second-order valence-corrected chi connectivity index (χ2v) is 10.2. The Hall–Kier alpha value is -2.39. The summed E-state index contributed by atoms with van der Waals surface area (Å²) in [6.07, 6.45) is 0.696. The Labute approximate surface area is 188 Å². The lowest BCUT2D eigenvalue weighted by atomic mass is 10.1. The van der Waals surface area contributed by atoms with Crippen molar-refractivity contribution in [3.8, 4) is 0 Å². The van der Waals surface area contributed by atoms with Crippen LogP contribution in [0.4, 0.5) is 0 Å². The van der Waals surface area contributed by atoms with Crippen LogP contribution in [0.1, 0.15) is 23.8 Å². The predicted molar refractivity (Wildman–Crippen MR) is 120 cm³/mol. The molecule has 1 saturated heterocycles. The molecule has 1 fully saturated rings. The number of rotatable bonds is 10. The Kier molecular flexibility index (Phi) is 8.31. The van der Waals surface area contributed by atoms with Crippen molar-refractivity contribution in [3.63, 3.8) is 0 Å². The molecule has 0 saturated carbocycles. The summed E-state index contributed by atoms with van der Waals surface area (Å²) in [6.45, 7) is 1.81. The second-order valence-electron chi connectivity index (χ2n) is 7.35. The number of benzene rings is 1. The SMILES string of the molecule is Cc1cn([C@H]2C[C@H](N=[N+]=[N-])[C@@H](COP(=O)(CCl)NCCc3ccccc3)O2)c(=O)[nH]c1=O. The third-order valence-corrected chi connectivity index (χ3v) is 7.60. The standard InChI is InChI=1S/C19H24ClN6O5P/c1-13-10-26(19(28)23-18(13)27)17-9-15(24-25-21)16(31-17)11-30-32(29,12-20)22-8-7-14-5-3-2-4-6-14/h2-6,10,15-17H,7-9,11-12H2,1H3,(H,22,29)(H,23,27,28)/t15-,16+,17+,32?/m0/s1. The largest absolute Gasteiger partial charge is 0.352 e. The minimum atomic E-state index is -3.37. The number of nitrogens with one attached hydrogen (secondary N) is 2. The van der Waals surface area contributed by atoms with Crippen LogP contribution in [0.15, 0.2) is 51.2 Å². The van der Waals surface area contributed by atoms with Crippen LogP contribution in [0, 0.1) is 6.92 Å². The van der Waals surface area contributed by atoms with Gasteiger partial charge in [-0.2, -0.15) is 0 Å². The molecule has 1 aromatic heterocycles. The van der Waals surface area contributed by atoms with Gasteiger partial charge in [0.2, 0.25) is 0 Å². The van der Waals surface area contributed by atoms with Gasteiger partial charge in [-0.25, -0.2) is 9.88 Å². The van der Waals surface area contributed by atoms with E-state index in [-0.39, 0.29) is 18.6 Å². The number of alkyl halides is 1. The molecule has 1 aliphatic rings. The van der Waals surface area contributed by atoms with Crippen LogP contribution in [0.3, 0.4) is 0 Å². The highest BCUT2D eigenvalue weighted by Gasteiger charge is 2.38. The van der Waals surface area contributed by atoms with Gasteiger partial charge in [-0.05, 0) is 24.4 Å². The molecule has 0 bridgehead atoms. The number of azide groups is 1. The molecule has 172 valence electrons. The number of aromatic amines is 1. The normalized spacial score (nSPS) is 22.2. The first-order valence-corrected chi connectivity index (χ1v) is 12.3. The monoisotopic (exact) mass is 482 g/mol. The Morgan fingerprint density at radius 3 is 2.84 bits per heavy atom. The highest BCUT2D eigenvalue weighted by atomic mass is 35.5. The van der Waals surface area contributed by atoms with Gasteiger partial charge in [-0.15, -0.1) is 11.6 Å². The van der Waals surface area contributed by atoms with E-state index < -0.39 is 37.1 Å². The van der Waals surface area contributed by atoms with Crippen LogP contribution in [0.2, 0.25) is 0 Å². The Balaban J connectivity index is 1.64. The summed E-state index contributed by atoms with van der Waals surface area (Å²) in [5, 5.41) is 6.60. The maximum absolute atomic E-state index is 13.0. The number of nitrogens with zero attached hydrogens (tertiary/aromatic N) is 4. The number of halogens is 1. The molecule has 2 N–H and O–H groups in total. The quantitative estimate of drug-likeness (QED) is 0.174. The van der Waals surface area contributed by atoms with Crippen LogP contribution in [0.5, 0.6) is 0 Å². The maximum atomic E-state index is 13.0. The second kappa shape index (κ2) is 11.0. The van der Waals surface area contributed by atoms with Crippen LogP contribution >= 0.6 is 19.1 Å². The van der Waals surface area contributed by atoms with E-state index in [1.807, 2.05) is 30.3 Å². The number of aryl methyl sites for hydroxylation is 1. The average molecular weight is 483 g/mol. The van der Waals surface area contributed by atoms with E-state index in [4.69, 9.17) is 26.4 Å². The molecule has 4 atom stereocenters. The molecule has 2 aromatic rings. The highest BCUT2D eigenvalue weighted by Crippen LogP contribution is 2.44. The summed E-state index contributed by atoms with van der Waals surface area (Å²) < 4.78 is 25.6. The van der Waals surface area contributed by atoms with Crippen molar-refractivity contribution >= 4 is 19.1 Å². The van der Waals surface area contributed by atoms with Crippen molar-refractivity contribution in [1.82, 2.24) is 14.6 Å². The Morgan fingerprint density at radius 2 is 2.16 bits per heavy atom. The fraction of sp³-hybridized carbons (Fsp3) is 0.474. The lowest BCUT2D eigenvalue weighted by Crippen LogP contribution is -2.33. The van der Waals surface area contributed by atoms with Crippen molar-refractivity contribution < 1.29 is 13.8 Å². The topological polar surface area (TPSA) is 151 Å². The average Bonchev–Trinajstić information content (AvgIpc) is 3.18. The lowest BCUT2D eigenvalue weighted by Gasteiger charge is -2.21. The summed E-state index contributed by atoms with van der Waals surface area (Å²) in [5.74, 6) is 0. The third kappa shape index (κ3) is 6.10. The molecular formula is C19H24ClN6O5P. The molecule has 0 aliphatic carbocycles. The highest BCUT2D eigenvalue weighted by molar-refractivity contribution is 7.58. The van der Waals surface area contributed by atoms with Gasteiger partial charge in [0, 0.05) is 29.6 Å². The summed E-state index contributed by atoms with van der Waals surface area (Å²) in [4.78, 5) is 28.8. The lowest BCUT2D eigenvalue weighted by molar-refractivity contribution is -0.0222. The molecule has 0 spiro atoms. The van der Waals surface area contributed by atoms with E-state index in [9.17, 15) is 14.2 Å². The smallest absolute Gasteiger partial charge is 0.330 e. The molecule has 32 heavy (non-hydrogen) atoms. The zero-order valence-electron chi connectivity index (χ0n) is 17.4. The summed E-state index contributed by atoms with van der Waals surface area (Å²) >= 11 is 5.90. The van der Waals surface area contributed by atoms with Gasteiger partial charge >= 0.3 is 5.69 Å². The number of hydrogen-bond acceptors (Lipinski definition) is 6. The first-order valence-electron chi connectivity index (χ1n) is 9.95. The van der Waals surface area contributed by atoms with E-state index in [0.717, 1.165) is 5.56 Å². The predicted octanol–water partition coefficient (Wildman–Crippen LogP) is 3.05. The molecule has 1 aromatic carbocycles. The first-order chi connectivity index (χ1) is 15.3. The van der Waals surface area contributed by atoms with Gasteiger partial charge in [0.15, 0.2) is 0 Å². The molecule has 1 aliphatic heterocycles. The fourth-order valence-electron chi connectivity index (χ4n) is 3.36. The zero-order chi connectivity index (χ0) is 23.1. The Morgan fingerprint density at radius 1 is 1.41 bits per heavy atom. The summed E-state index contributed by atoms with van der Waals surface area (Å²) in [6, 6.07) is 9.04. The van der Waals surface area contributed by atoms with E-state index in [2.05, 4.69) is 20.1 Å². The third-order valence-electron chi connectivity index (χ3n) is 5.07. The van der Waals surface area contributed by atoms with Gasteiger partial charge in [-0.3, -0.25) is 18.9 Å². The van der Waals surface area contributed by atoms with Gasteiger partial charge in [0.25, 0.3) is 13.1 Å². The van der Waals surface area contributed by atoms with Crippen LogP contribution in [-0.4, -0.2) is 40.5 Å². The summed E-state index contributed by atoms with van der Waals surface area (Å²) in [5.41, 5.74) is 8.93. The van der Waals surface area contributed by atoms with Crippen molar-refractivity contribution in [2.75, 3.05) is 18.8 Å².